The molecule has 0 saturated carbocycles. The zero-order chi connectivity index (χ0) is 15.4. The van der Waals surface area contributed by atoms with Crippen LogP contribution in [-0.4, -0.2) is 16.3 Å². The van der Waals surface area contributed by atoms with Crippen molar-refractivity contribution in [3.63, 3.8) is 0 Å². The highest BCUT2D eigenvalue weighted by atomic mass is 35.5. The first-order chi connectivity index (χ1) is 9.99. The highest BCUT2D eigenvalue weighted by Crippen LogP contribution is 2.16. The number of nitrogens with two attached hydrogens (primary N) is 1. The Morgan fingerprint density at radius 2 is 2.00 bits per heavy atom. The summed E-state index contributed by atoms with van der Waals surface area (Å²) in [6.45, 7) is 4.44. The molecule has 21 heavy (non-hydrogen) atoms. The molecule has 0 aliphatic heterocycles. The van der Waals surface area contributed by atoms with Crippen molar-refractivity contribution in [2.75, 3.05) is 17.6 Å². The minimum atomic E-state index is -0.274. The van der Waals surface area contributed by atoms with Gasteiger partial charge in [0.15, 0.2) is 0 Å². The fraction of sp³-hybridized carbons (Fsp3) is 0.333. The maximum Gasteiger partial charge on any atom is 0.287 e. The van der Waals surface area contributed by atoms with Gasteiger partial charge in [0.05, 0.1) is 17.9 Å². The standard InChI is InChI=1S/C15H19ClN4O/c1-10(2)20-15(21)14(16)13(9-19-20)18-8-7-11-3-5-12(17)6-4-11/h3-6,9-10,18H,7-8,17H2,1-2H3. The molecule has 1 heterocycles. The monoisotopic (exact) mass is 306 g/mol. The average Bonchev–Trinajstić information content (AvgIpc) is 2.45. The van der Waals surface area contributed by atoms with E-state index in [1.807, 2.05) is 38.1 Å². The van der Waals surface area contributed by atoms with Gasteiger partial charge in [0, 0.05) is 12.2 Å². The normalized spacial score (nSPS) is 10.9. The lowest BCUT2D eigenvalue weighted by Crippen LogP contribution is -2.26. The van der Waals surface area contributed by atoms with Crippen LogP contribution in [0.3, 0.4) is 0 Å². The molecule has 0 amide bonds. The molecule has 0 unspecified atom stereocenters. The maximum absolute atomic E-state index is 12.0. The van der Waals surface area contributed by atoms with Gasteiger partial charge in [-0.15, -0.1) is 0 Å². The number of nitrogen functional groups attached to an aromatic ring is 1. The Labute approximate surface area is 128 Å². The first-order valence-corrected chi connectivity index (χ1v) is 7.22. The number of nitrogens with one attached hydrogen (secondary N) is 1. The molecule has 0 radical (unpaired) electrons. The number of halogens is 1. The van der Waals surface area contributed by atoms with E-state index in [1.165, 1.54) is 4.68 Å². The second-order valence-electron chi connectivity index (χ2n) is 5.13. The summed E-state index contributed by atoms with van der Waals surface area (Å²) in [5.41, 5.74) is 7.84. The second-order valence-corrected chi connectivity index (χ2v) is 5.51. The predicted molar refractivity (Wildman–Crippen MR) is 86.9 cm³/mol. The van der Waals surface area contributed by atoms with Crippen LogP contribution in [0.25, 0.3) is 0 Å². The van der Waals surface area contributed by atoms with Crippen molar-refractivity contribution in [2.45, 2.75) is 26.3 Å². The largest absolute Gasteiger partial charge is 0.399 e. The smallest absolute Gasteiger partial charge is 0.287 e. The topological polar surface area (TPSA) is 72.9 Å². The van der Waals surface area contributed by atoms with E-state index in [2.05, 4.69) is 10.4 Å². The van der Waals surface area contributed by atoms with Gasteiger partial charge in [-0.2, -0.15) is 5.10 Å². The lowest BCUT2D eigenvalue weighted by atomic mass is 10.1. The van der Waals surface area contributed by atoms with Gasteiger partial charge in [0.25, 0.3) is 5.56 Å². The van der Waals surface area contributed by atoms with Crippen molar-refractivity contribution < 1.29 is 0 Å². The van der Waals surface area contributed by atoms with Crippen LogP contribution in [0.1, 0.15) is 25.5 Å². The number of rotatable bonds is 5. The van der Waals surface area contributed by atoms with Crippen molar-refractivity contribution in [3.8, 4) is 0 Å². The molecule has 6 heteroatoms. The van der Waals surface area contributed by atoms with Crippen molar-refractivity contribution >= 4 is 23.0 Å². The average molecular weight is 307 g/mol. The molecule has 2 aromatic rings. The third kappa shape index (κ3) is 3.76. The van der Waals surface area contributed by atoms with E-state index in [0.29, 0.717) is 12.2 Å². The summed E-state index contributed by atoms with van der Waals surface area (Å²) >= 11 is 6.09. The number of benzene rings is 1. The number of anilines is 2. The molecule has 0 saturated heterocycles. The van der Waals surface area contributed by atoms with E-state index < -0.39 is 0 Å². The van der Waals surface area contributed by atoms with Crippen LogP contribution < -0.4 is 16.6 Å². The SMILES string of the molecule is CC(C)n1ncc(NCCc2ccc(N)cc2)c(Cl)c1=O. The number of nitrogens with zero attached hydrogens (tertiary/aromatic N) is 2. The highest BCUT2D eigenvalue weighted by molar-refractivity contribution is 6.32. The Morgan fingerprint density at radius 1 is 1.33 bits per heavy atom. The van der Waals surface area contributed by atoms with Crippen LogP contribution in [0.2, 0.25) is 5.02 Å². The number of hydrogen-bond donors (Lipinski definition) is 2. The molecule has 5 nitrogen and oxygen atoms in total. The lowest BCUT2D eigenvalue weighted by molar-refractivity contribution is 0.503. The Kier molecular flexibility index (Phi) is 4.85. The summed E-state index contributed by atoms with van der Waals surface area (Å²) in [6.07, 6.45) is 2.40. The number of aromatic nitrogens is 2. The van der Waals surface area contributed by atoms with E-state index in [1.54, 1.807) is 6.20 Å². The molecule has 112 valence electrons. The van der Waals surface area contributed by atoms with Crippen LogP contribution in [0.15, 0.2) is 35.3 Å². The summed E-state index contributed by atoms with van der Waals surface area (Å²) in [7, 11) is 0. The second kappa shape index (κ2) is 6.63. The summed E-state index contributed by atoms with van der Waals surface area (Å²) in [5.74, 6) is 0. The van der Waals surface area contributed by atoms with Crippen LogP contribution in [0.5, 0.6) is 0 Å². The number of hydrogen-bond acceptors (Lipinski definition) is 4. The molecular formula is C15H19ClN4O. The third-order valence-electron chi connectivity index (χ3n) is 3.14. The van der Waals surface area contributed by atoms with E-state index in [9.17, 15) is 4.79 Å². The minimum absolute atomic E-state index is 0.0150. The maximum atomic E-state index is 12.0. The molecule has 1 aromatic carbocycles. The van der Waals surface area contributed by atoms with Gasteiger partial charge in [0.1, 0.15) is 5.02 Å². The van der Waals surface area contributed by atoms with E-state index >= 15 is 0 Å². The fourth-order valence-electron chi connectivity index (χ4n) is 1.96. The van der Waals surface area contributed by atoms with Crippen molar-refractivity contribution in [1.82, 2.24) is 9.78 Å². The van der Waals surface area contributed by atoms with E-state index in [-0.39, 0.29) is 16.6 Å². The molecule has 1 aromatic heterocycles. The van der Waals surface area contributed by atoms with Crippen molar-refractivity contribution in [3.05, 3.63) is 51.4 Å². The van der Waals surface area contributed by atoms with Gasteiger partial charge in [-0.1, -0.05) is 23.7 Å². The Balaban J connectivity index is 2.02. The van der Waals surface area contributed by atoms with Crippen LogP contribution >= 0.6 is 11.6 Å². The summed E-state index contributed by atoms with van der Waals surface area (Å²) in [4.78, 5) is 12.0. The summed E-state index contributed by atoms with van der Waals surface area (Å²) < 4.78 is 1.37. The lowest BCUT2D eigenvalue weighted by Gasteiger charge is -2.12. The zero-order valence-electron chi connectivity index (χ0n) is 12.1. The van der Waals surface area contributed by atoms with Gasteiger partial charge in [0.2, 0.25) is 0 Å². The summed E-state index contributed by atoms with van der Waals surface area (Å²) in [6, 6.07) is 7.68. The van der Waals surface area contributed by atoms with Crippen molar-refractivity contribution in [1.29, 1.82) is 0 Å². The zero-order valence-corrected chi connectivity index (χ0v) is 12.9. The fourth-order valence-corrected chi connectivity index (χ4v) is 2.16. The molecule has 0 aliphatic carbocycles. The predicted octanol–water partition coefficient (Wildman–Crippen LogP) is 2.71. The molecule has 0 atom stereocenters. The minimum Gasteiger partial charge on any atom is -0.399 e. The first-order valence-electron chi connectivity index (χ1n) is 6.84. The highest BCUT2D eigenvalue weighted by Gasteiger charge is 2.10. The van der Waals surface area contributed by atoms with Gasteiger partial charge in [-0.25, -0.2) is 4.68 Å². The molecular weight excluding hydrogens is 288 g/mol. The van der Waals surface area contributed by atoms with Crippen molar-refractivity contribution in [2.24, 2.45) is 0 Å². The molecule has 0 spiro atoms. The third-order valence-corrected chi connectivity index (χ3v) is 3.51. The molecule has 0 fully saturated rings. The Hall–Kier alpha value is -2.01. The van der Waals surface area contributed by atoms with Gasteiger partial charge in [-0.05, 0) is 38.0 Å². The Morgan fingerprint density at radius 3 is 2.62 bits per heavy atom. The van der Waals surface area contributed by atoms with Gasteiger partial charge < -0.3 is 11.1 Å². The quantitative estimate of drug-likeness (QED) is 0.833. The van der Waals surface area contributed by atoms with E-state index in [0.717, 1.165) is 17.7 Å². The Bertz CT molecular complexity index is 664. The van der Waals surface area contributed by atoms with Crippen LogP contribution in [-0.2, 0) is 6.42 Å². The molecule has 3 N–H and O–H groups in total. The molecule has 2 rings (SSSR count). The molecule has 0 aliphatic rings. The molecule has 0 bridgehead atoms. The van der Waals surface area contributed by atoms with Gasteiger partial charge in [-0.3, -0.25) is 4.79 Å². The first kappa shape index (κ1) is 15.4. The summed E-state index contributed by atoms with van der Waals surface area (Å²) in [5, 5.41) is 7.44. The van der Waals surface area contributed by atoms with Crippen LogP contribution in [0.4, 0.5) is 11.4 Å². The van der Waals surface area contributed by atoms with E-state index in [4.69, 9.17) is 17.3 Å². The van der Waals surface area contributed by atoms with Gasteiger partial charge >= 0.3 is 0 Å². The van der Waals surface area contributed by atoms with Crippen LogP contribution in [0, 0.1) is 0 Å².